The highest BCUT2D eigenvalue weighted by Gasteiger charge is 2.28. The van der Waals surface area contributed by atoms with Crippen molar-refractivity contribution in [3.63, 3.8) is 0 Å². The first kappa shape index (κ1) is 35.1. The van der Waals surface area contributed by atoms with Gasteiger partial charge in [-0.1, -0.05) is 89.9 Å². The Morgan fingerprint density at radius 3 is 1.44 bits per heavy atom. The monoisotopic (exact) mass is 551 g/mol. The largest absolute Gasteiger partial charge is 0.481 e. The fourth-order valence-corrected chi connectivity index (χ4v) is 5.67. The third-order valence-corrected chi connectivity index (χ3v) is 8.37. The fourth-order valence-electron chi connectivity index (χ4n) is 5.67. The van der Waals surface area contributed by atoms with Crippen molar-refractivity contribution in [1.82, 2.24) is 5.32 Å². The molecule has 0 radical (unpaired) electrons. The molecule has 1 atom stereocenters. The highest BCUT2D eigenvalue weighted by Crippen LogP contribution is 2.32. The van der Waals surface area contributed by atoms with Crippen LogP contribution in [0.25, 0.3) is 0 Å². The quantitative estimate of drug-likeness (QED) is 0.0994. The van der Waals surface area contributed by atoms with Crippen LogP contribution in [0.3, 0.4) is 0 Å². The maximum atomic E-state index is 12.3. The molecule has 0 aromatic rings. The summed E-state index contributed by atoms with van der Waals surface area (Å²) in [5.74, 6) is -1.04. The molecule has 7 heteroatoms. The van der Waals surface area contributed by atoms with Crippen molar-refractivity contribution in [2.24, 2.45) is 11.8 Å². The van der Waals surface area contributed by atoms with Crippen LogP contribution in [0.2, 0.25) is 0 Å². The van der Waals surface area contributed by atoms with E-state index in [2.05, 4.69) is 5.32 Å². The number of unbranched alkanes of at least 4 members (excludes halogenated alkanes) is 15. The Labute approximate surface area is 237 Å². The van der Waals surface area contributed by atoms with Crippen LogP contribution in [0, 0.1) is 11.8 Å². The van der Waals surface area contributed by atoms with Gasteiger partial charge in [0.1, 0.15) is 11.8 Å². The van der Waals surface area contributed by atoms with Gasteiger partial charge in [0.2, 0.25) is 5.91 Å². The van der Waals surface area contributed by atoms with E-state index in [9.17, 15) is 19.2 Å². The highest BCUT2D eigenvalue weighted by atomic mass is 16.4. The molecule has 0 spiro atoms. The smallest absolute Gasteiger partial charge is 0.325 e. The normalized spacial score (nSPS) is 18.0. The number of ketones is 1. The van der Waals surface area contributed by atoms with Crippen LogP contribution in [0.1, 0.15) is 161 Å². The number of aliphatic carboxylic acids is 2. The molecule has 1 aliphatic carbocycles. The molecule has 1 amide bonds. The van der Waals surface area contributed by atoms with Gasteiger partial charge in [-0.3, -0.25) is 19.2 Å². The number of hydrogen-bond donors (Lipinski definition) is 3. The molecular weight excluding hydrogens is 494 g/mol. The van der Waals surface area contributed by atoms with Gasteiger partial charge in [-0.25, -0.2) is 0 Å². The van der Waals surface area contributed by atoms with E-state index >= 15 is 0 Å². The Hall–Kier alpha value is -1.92. The molecule has 0 bridgehead atoms. The number of carboxylic acids is 2. The molecule has 0 aliphatic heterocycles. The minimum Gasteiger partial charge on any atom is -0.481 e. The first-order valence-electron chi connectivity index (χ1n) is 16.1. The van der Waals surface area contributed by atoms with E-state index in [0.717, 1.165) is 57.8 Å². The molecule has 0 aromatic heterocycles. The van der Waals surface area contributed by atoms with Gasteiger partial charge < -0.3 is 15.5 Å². The zero-order chi connectivity index (χ0) is 28.7. The van der Waals surface area contributed by atoms with Crippen LogP contribution in [-0.2, 0) is 19.2 Å². The molecule has 0 unspecified atom stereocenters. The molecule has 1 saturated carbocycles. The van der Waals surface area contributed by atoms with E-state index < -0.39 is 18.0 Å². The predicted molar refractivity (Wildman–Crippen MR) is 156 cm³/mol. The second kappa shape index (κ2) is 22.9. The molecule has 226 valence electrons. The Morgan fingerprint density at radius 1 is 0.615 bits per heavy atom. The van der Waals surface area contributed by atoms with Crippen molar-refractivity contribution in [2.75, 3.05) is 0 Å². The summed E-state index contributed by atoms with van der Waals surface area (Å²) in [7, 11) is 0. The summed E-state index contributed by atoms with van der Waals surface area (Å²) in [6.07, 6.45) is 25.6. The Bertz CT molecular complexity index is 686. The van der Waals surface area contributed by atoms with Gasteiger partial charge in [-0.15, -0.1) is 0 Å². The summed E-state index contributed by atoms with van der Waals surface area (Å²) in [6, 6.07) is -0.847. The zero-order valence-corrected chi connectivity index (χ0v) is 24.7. The second-order valence-corrected chi connectivity index (χ2v) is 11.9. The molecule has 3 N–H and O–H groups in total. The number of Topliss-reactive ketones (excluding diaryl/α,β-unsaturated/α-hetero) is 1. The standard InChI is InChI=1S/C32H57NO6/c1-26(32(38)39)33-31(37)28-23-20-27(21-24-28)22-25-29(34)18-16-14-12-10-8-6-4-2-3-5-7-9-11-13-15-17-19-30(35)36/h26-28H,2-25H2,1H3,(H,33,37)(H,35,36)(H,38,39)/t26-,27?,28?/m0/s1. The predicted octanol–water partition coefficient (Wildman–Crippen LogP) is 7.84. The number of carbonyl (C=O) groups is 4. The summed E-state index contributed by atoms with van der Waals surface area (Å²) in [5.41, 5.74) is 0. The van der Waals surface area contributed by atoms with E-state index in [-0.39, 0.29) is 11.8 Å². The van der Waals surface area contributed by atoms with Crippen LogP contribution >= 0.6 is 0 Å². The van der Waals surface area contributed by atoms with Crippen molar-refractivity contribution in [1.29, 1.82) is 0 Å². The van der Waals surface area contributed by atoms with E-state index in [4.69, 9.17) is 10.2 Å². The third-order valence-electron chi connectivity index (χ3n) is 8.37. The average molecular weight is 552 g/mol. The maximum Gasteiger partial charge on any atom is 0.325 e. The lowest BCUT2D eigenvalue weighted by molar-refractivity contribution is -0.142. The summed E-state index contributed by atoms with van der Waals surface area (Å²) >= 11 is 0. The van der Waals surface area contributed by atoms with Crippen LogP contribution in [0.15, 0.2) is 0 Å². The first-order chi connectivity index (χ1) is 18.8. The van der Waals surface area contributed by atoms with Gasteiger partial charge in [-0.2, -0.15) is 0 Å². The van der Waals surface area contributed by atoms with Crippen LogP contribution in [0.5, 0.6) is 0 Å². The minimum absolute atomic E-state index is 0.0936. The third kappa shape index (κ3) is 19.7. The zero-order valence-electron chi connectivity index (χ0n) is 24.7. The SMILES string of the molecule is C[C@H](NC(=O)C1CCC(CCC(=O)CCCCCCCCCCCCCCCCCCC(=O)O)CC1)C(=O)O. The number of carboxylic acid groups (broad SMARTS) is 2. The summed E-state index contributed by atoms with van der Waals surface area (Å²) < 4.78 is 0. The Kier molecular flexibility index (Phi) is 20.6. The number of hydrogen-bond acceptors (Lipinski definition) is 4. The molecule has 39 heavy (non-hydrogen) atoms. The molecule has 0 heterocycles. The van der Waals surface area contributed by atoms with Crippen molar-refractivity contribution < 1.29 is 29.4 Å². The van der Waals surface area contributed by atoms with Crippen molar-refractivity contribution in [3.05, 3.63) is 0 Å². The van der Waals surface area contributed by atoms with Gasteiger partial charge in [0, 0.05) is 25.2 Å². The van der Waals surface area contributed by atoms with Crippen molar-refractivity contribution >= 4 is 23.6 Å². The molecular formula is C32H57NO6. The number of carbonyl (C=O) groups excluding carboxylic acids is 2. The summed E-state index contributed by atoms with van der Waals surface area (Å²) in [4.78, 5) is 45.9. The second-order valence-electron chi connectivity index (χ2n) is 11.9. The molecule has 1 rings (SSSR count). The molecule has 0 saturated heterocycles. The lowest BCUT2D eigenvalue weighted by atomic mass is 9.79. The Balaban J connectivity index is 1.84. The van der Waals surface area contributed by atoms with Crippen LogP contribution < -0.4 is 5.32 Å². The van der Waals surface area contributed by atoms with Crippen LogP contribution in [0.4, 0.5) is 0 Å². The van der Waals surface area contributed by atoms with Gasteiger partial charge >= 0.3 is 11.9 Å². The summed E-state index contributed by atoms with van der Waals surface area (Å²) in [6.45, 7) is 1.49. The molecule has 7 nitrogen and oxygen atoms in total. The molecule has 0 aromatic carbocycles. The van der Waals surface area contributed by atoms with E-state index in [1.54, 1.807) is 0 Å². The lowest BCUT2D eigenvalue weighted by Gasteiger charge is -2.28. The van der Waals surface area contributed by atoms with Crippen molar-refractivity contribution in [2.45, 2.75) is 167 Å². The topological polar surface area (TPSA) is 121 Å². The average Bonchev–Trinajstić information content (AvgIpc) is 2.91. The van der Waals surface area contributed by atoms with E-state index in [1.807, 2.05) is 0 Å². The molecule has 1 aliphatic rings. The maximum absolute atomic E-state index is 12.3. The van der Waals surface area contributed by atoms with Crippen LogP contribution in [-0.4, -0.2) is 39.9 Å². The number of rotatable bonds is 25. The Morgan fingerprint density at radius 2 is 1.03 bits per heavy atom. The number of amides is 1. The minimum atomic E-state index is -1.01. The van der Waals surface area contributed by atoms with E-state index in [1.165, 1.54) is 84.0 Å². The van der Waals surface area contributed by atoms with Gasteiger partial charge in [0.15, 0.2) is 0 Å². The first-order valence-corrected chi connectivity index (χ1v) is 16.1. The van der Waals surface area contributed by atoms with Crippen molar-refractivity contribution in [3.8, 4) is 0 Å². The lowest BCUT2D eigenvalue weighted by Crippen LogP contribution is -2.42. The number of nitrogens with one attached hydrogen (secondary N) is 1. The highest BCUT2D eigenvalue weighted by molar-refractivity contribution is 5.84. The van der Waals surface area contributed by atoms with E-state index in [0.29, 0.717) is 31.0 Å². The van der Waals surface area contributed by atoms with Gasteiger partial charge in [-0.05, 0) is 57.8 Å². The van der Waals surface area contributed by atoms with Gasteiger partial charge in [0.05, 0.1) is 0 Å². The van der Waals surface area contributed by atoms with Gasteiger partial charge in [0.25, 0.3) is 0 Å². The molecule has 1 fully saturated rings. The summed E-state index contributed by atoms with van der Waals surface area (Å²) in [5, 5.41) is 20.1. The fraction of sp³-hybridized carbons (Fsp3) is 0.875.